The van der Waals surface area contributed by atoms with Crippen LogP contribution in [0, 0.1) is 23.7 Å². The summed E-state index contributed by atoms with van der Waals surface area (Å²) in [5, 5.41) is 15.8. The monoisotopic (exact) mass is 394 g/mol. The highest BCUT2D eigenvalue weighted by Gasteiger charge is 2.21. The van der Waals surface area contributed by atoms with Gasteiger partial charge in [0.05, 0.1) is 0 Å². The Morgan fingerprint density at radius 2 is 1.97 bits per heavy atom. The smallest absolute Gasteiger partial charge is 0.251 e. The molecule has 7 nitrogen and oxygen atoms in total. The molecule has 0 atom stereocenters. The lowest BCUT2D eigenvalue weighted by Gasteiger charge is -2.28. The molecule has 2 N–H and O–H groups in total. The third-order valence-corrected chi connectivity index (χ3v) is 4.42. The van der Waals surface area contributed by atoms with E-state index in [1.807, 2.05) is 31.9 Å². The summed E-state index contributed by atoms with van der Waals surface area (Å²) in [5.74, 6) is 1.54. The van der Waals surface area contributed by atoms with Crippen molar-refractivity contribution in [3.63, 3.8) is 0 Å². The van der Waals surface area contributed by atoms with E-state index < -0.39 is 0 Å². The fourth-order valence-electron chi connectivity index (χ4n) is 3.08. The zero-order chi connectivity index (χ0) is 21.8. The Balaban J connectivity index is 2.55. The molecular weight excluding hydrogens is 364 g/mol. The van der Waals surface area contributed by atoms with Crippen LogP contribution in [0.3, 0.4) is 0 Å². The zero-order valence-electron chi connectivity index (χ0n) is 18.3. The average Bonchev–Trinajstić information content (AvgIpc) is 2.66. The van der Waals surface area contributed by atoms with Gasteiger partial charge in [0.15, 0.2) is 11.6 Å². The lowest BCUT2D eigenvalue weighted by atomic mass is 9.96. The number of nitrogens with zero attached hydrogens (tertiary/aromatic N) is 4. The number of amides is 1. The second-order valence-electron chi connectivity index (χ2n) is 8.30. The molecule has 2 aromatic rings. The molecule has 7 heteroatoms. The maximum atomic E-state index is 12.0. The van der Waals surface area contributed by atoms with Gasteiger partial charge >= 0.3 is 0 Å². The van der Waals surface area contributed by atoms with Gasteiger partial charge in [-0.2, -0.15) is 5.26 Å². The molecule has 0 radical (unpaired) electrons. The summed E-state index contributed by atoms with van der Waals surface area (Å²) in [6.07, 6.45) is 0.647. The van der Waals surface area contributed by atoms with Gasteiger partial charge in [-0.25, -0.2) is 9.97 Å². The van der Waals surface area contributed by atoms with Crippen LogP contribution in [0.4, 0.5) is 17.3 Å². The molecule has 1 heterocycles. The molecular formula is C22H30N6O. The first-order valence-electron chi connectivity index (χ1n) is 9.71. The van der Waals surface area contributed by atoms with E-state index >= 15 is 0 Å². The molecule has 1 aromatic carbocycles. The van der Waals surface area contributed by atoms with E-state index in [0.717, 1.165) is 17.8 Å². The first kappa shape index (κ1) is 22.2. The van der Waals surface area contributed by atoms with E-state index in [-0.39, 0.29) is 11.3 Å². The highest BCUT2D eigenvalue weighted by Crippen LogP contribution is 2.29. The van der Waals surface area contributed by atoms with Crippen LogP contribution in [0.15, 0.2) is 18.2 Å². The fourth-order valence-corrected chi connectivity index (χ4v) is 3.08. The molecule has 0 aliphatic carbocycles. The third-order valence-electron chi connectivity index (χ3n) is 4.42. The maximum absolute atomic E-state index is 12.0. The number of aromatic nitrogens is 2. The molecule has 1 aromatic heterocycles. The van der Waals surface area contributed by atoms with Crippen molar-refractivity contribution in [3.8, 4) is 6.07 Å². The Morgan fingerprint density at radius 3 is 2.52 bits per heavy atom. The van der Waals surface area contributed by atoms with Gasteiger partial charge in [-0.05, 0) is 30.0 Å². The van der Waals surface area contributed by atoms with Gasteiger partial charge in [0.1, 0.15) is 17.5 Å². The van der Waals surface area contributed by atoms with Gasteiger partial charge in [0, 0.05) is 38.3 Å². The summed E-state index contributed by atoms with van der Waals surface area (Å²) in [4.78, 5) is 23.2. The highest BCUT2D eigenvalue weighted by molar-refractivity contribution is 5.95. The first-order chi connectivity index (χ1) is 13.6. The number of aryl methyl sites for hydroxylation is 2. The highest BCUT2D eigenvalue weighted by atomic mass is 16.1. The summed E-state index contributed by atoms with van der Waals surface area (Å²) in [6.45, 7) is 11.1. The molecule has 0 aliphatic rings. The second kappa shape index (κ2) is 8.91. The molecule has 0 fully saturated rings. The van der Waals surface area contributed by atoms with Crippen LogP contribution in [0.2, 0.25) is 0 Å². The van der Waals surface area contributed by atoms with Gasteiger partial charge in [0.25, 0.3) is 5.91 Å². The molecule has 1 amide bonds. The molecule has 0 bridgehead atoms. The zero-order valence-corrected chi connectivity index (χ0v) is 18.3. The number of benzene rings is 1. The lowest BCUT2D eigenvalue weighted by Crippen LogP contribution is -2.31. The number of hydrogen-bond acceptors (Lipinski definition) is 6. The summed E-state index contributed by atoms with van der Waals surface area (Å²) >= 11 is 0. The van der Waals surface area contributed by atoms with E-state index in [2.05, 4.69) is 47.4 Å². The van der Waals surface area contributed by atoms with Crippen LogP contribution in [-0.2, 0) is 6.42 Å². The molecule has 2 rings (SSSR count). The van der Waals surface area contributed by atoms with Crippen molar-refractivity contribution in [2.24, 2.45) is 5.41 Å². The number of nitriles is 1. The number of carbonyl (C=O) groups excluding carboxylic acids is 1. The van der Waals surface area contributed by atoms with Gasteiger partial charge in [-0.3, -0.25) is 4.79 Å². The minimum absolute atomic E-state index is 0.0465. The van der Waals surface area contributed by atoms with Gasteiger partial charge in [-0.1, -0.05) is 33.8 Å². The maximum Gasteiger partial charge on any atom is 0.251 e. The van der Waals surface area contributed by atoms with E-state index in [0.29, 0.717) is 35.0 Å². The molecule has 0 saturated heterocycles. The van der Waals surface area contributed by atoms with Crippen LogP contribution in [0.5, 0.6) is 0 Å². The predicted molar refractivity (Wildman–Crippen MR) is 117 cm³/mol. The van der Waals surface area contributed by atoms with Crippen LogP contribution in [0.1, 0.15) is 55.0 Å². The largest absolute Gasteiger partial charge is 0.358 e. The summed E-state index contributed by atoms with van der Waals surface area (Å²) < 4.78 is 0. The summed E-state index contributed by atoms with van der Waals surface area (Å²) in [7, 11) is 3.54. The van der Waals surface area contributed by atoms with Crippen molar-refractivity contribution in [3.05, 3.63) is 40.7 Å². The number of anilines is 3. The van der Waals surface area contributed by atoms with E-state index in [1.165, 1.54) is 0 Å². The van der Waals surface area contributed by atoms with Crippen molar-refractivity contribution in [2.45, 2.75) is 41.0 Å². The van der Waals surface area contributed by atoms with Gasteiger partial charge in [0.2, 0.25) is 0 Å². The average molecular weight is 395 g/mol. The Labute approximate surface area is 173 Å². The Bertz CT molecular complexity index is 940. The van der Waals surface area contributed by atoms with Gasteiger partial charge in [-0.15, -0.1) is 0 Å². The van der Waals surface area contributed by atoms with Crippen LogP contribution in [-0.4, -0.2) is 36.5 Å². The first-order valence-corrected chi connectivity index (χ1v) is 9.71. The van der Waals surface area contributed by atoms with Crippen molar-refractivity contribution < 1.29 is 4.79 Å². The minimum Gasteiger partial charge on any atom is -0.358 e. The van der Waals surface area contributed by atoms with Crippen molar-refractivity contribution in [1.29, 1.82) is 5.26 Å². The quantitative estimate of drug-likeness (QED) is 0.774. The number of hydrogen-bond donors (Lipinski definition) is 2. The van der Waals surface area contributed by atoms with E-state index in [9.17, 15) is 10.1 Å². The third kappa shape index (κ3) is 5.44. The summed E-state index contributed by atoms with van der Waals surface area (Å²) in [6, 6.07) is 7.66. The number of rotatable bonds is 6. The van der Waals surface area contributed by atoms with Crippen molar-refractivity contribution in [2.75, 3.05) is 30.9 Å². The Kier molecular flexibility index (Phi) is 6.80. The minimum atomic E-state index is -0.170. The topological polar surface area (TPSA) is 93.9 Å². The van der Waals surface area contributed by atoms with E-state index in [4.69, 9.17) is 0 Å². The van der Waals surface area contributed by atoms with E-state index in [1.54, 1.807) is 19.2 Å². The SMILES string of the molecule is CCc1nc(Nc2cc(C(=O)NC)ccc2C)c(C#N)c(N(C)CC(C)(C)C)n1. The van der Waals surface area contributed by atoms with Crippen molar-refractivity contribution in [1.82, 2.24) is 15.3 Å². The normalized spacial score (nSPS) is 11.0. The molecule has 0 unspecified atom stereocenters. The number of carbonyl (C=O) groups is 1. The van der Waals surface area contributed by atoms with Crippen LogP contribution in [0.25, 0.3) is 0 Å². The molecule has 29 heavy (non-hydrogen) atoms. The van der Waals surface area contributed by atoms with Gasteiger partial charge < -0.3 is 15.5 Å². The molecule has 154 valence electrons. The lowest BCUT2D eigenvalue weighted by molar-refractivity contribution is 0.0963. The Hall–Kier alpha value is -3.14. The summed E-state index contributed by atoms with van der Waals surface area (Å²) in [5.41, 5.74) is 2.65. The number of nitrogens with one attached hydrogen (secondary N) is 2. The van der Waals surface area contributed by atoms with Crippen molar-refractivity contribution >= 4 is 23.2 Å². The fraction of sp³-hybridized carbons (Fsp3) is 0.455. The standard InChI is InChI=1S/C22H30N6O/c1-8-18-26-19(16(12-23)20(27-18)28(7)13-22(3,4)5)25-17-11-15(21(29)24-6)10-9-14(17)2/h9-11H,8,13H2,1-7H3,(H,24,29)(H,25,26,27). The van der Waals surface area contributed by atoms with Crippen LogP contribution < -0.4 is 15.5 Å². The molecule has 0 saturated carbocycles. The molecule has 0 spiro atoms. The Morgan fingerprint density at radius 1 is 1.28 bits per heavy atom. The van der Waals surface area contributed by atoms with Crippen LogP contribution >= 0.6 is 0 Å². The second-order valence-corrected chi connectivity index (χ2v) is 8.30. The predicted octanol–water partition coefficient (Wildman–Crippen LogP) is 3.80. The molecule has 0 aliphatic heterocycles.